The molecule has 1 aromatic rings. The van der Waals surface area contributed by atoms with Gasteiger partial charge in [0.25, 0.3) is 0 Å². The molecule has 1 heterocycles. The van der Waals surface area contributed by atoms with E-state index in [1.54, 1.807) is 6.07 Å². The molecule has 0 bridgehead atoms. The third-order valence-electron chi connectivity index (χ3n) is 2.94. The molecule has 1 aliphatic heterocycles. The maximum absolute atomic E-state index is 6.22. The molecular weight excluding hydrogens is 293 g/mol. The molecule has 2 rings (SSSR count). The minimum absolute atomic E-state index is 0. The molecular formula is C12H16Cl3N3. The normalized spacial score (nSPS) is 16.2. The van der Waals surface area contributed by atoms with Crippen LogP contribution in [-0.2, 0) is 0 Å². The summed E-state index contributed by atoms with van der Waals surface area (Å²) in [5.74, 6) is 0.900. The molecule has 0 fully saturated rings. The van der Waals surface area contributed by atoms with Crippen LogP contribution in [0.4, 0.5) is 0 Å². The molecule has 0 aliphatic carbocycles. The molecule has 2 N–H and O–H groups in total. The van der Waals surface area contributed by atoms with Gasteiger partial charge in [0.2, 0.25) is 0 Å². The van der Waals surface area contributed by atoms with Crippen molar-refractivity contribution in [3.63, 3.8) is 0 Å². The van der Waals surface area contributed by atoms with E-state index in [4.69, 9.17) is 28.9 Å². The van der Waals surface area contributed by atoms with Crippen molar-refractivity contribution < 1.29 is 0 Å². The van der Waals surface area contributed by atoms with Crippen molar-refractivity contribution in [2.75, 3.05) is 19.6 Å². The lowest BCUT2D eigenvalue weighted by atomic mass is 10.1. The molecule has 1 aliphatic rings. The standard InChI is InChI=1S/C12H15Cl2N3.ClH/c1-2-17-7-6-16-12(17)11(15)8-4-3-5-9(13)10(8)14;/h3-5,11H,2,6-7,15H2,1H3;1H. The van der Waals surface area contributed by atoms with E-state index in [1.807, 2.05) is 12.1 Å². The number of aliphatic imine (C=N–C) groups is 1. The second-order valence-electron chi connectivity index (χ2n) is 3.94. The number of nitrogens with two attached hydrogens (primary N) is 1. The summed E-state index contributed by atoms with van der Waals surface area (Å²) in [6.45, 7) is 4.73. The van der Waals surface area contributed by atoms with E-state index in [-0.39, 0.29) is 18.4 Å². The first-order chi connectivity index (χ1) is 8.15. The van der Waals surface area contributed by atoms with Crippen molar-refractivity contribution in [3.05, 3.63) is 33.8 Å². The number of benzene rings is 1. The summed E-state index contributed by atoms with van der Waals surface area (Å²) in [5, 5.41) is 1.05. The first-order valence-electron chi connectivity index (χ1n) is 5.64. The Kier molecular flexibility index (Phi) is 5.73. The first-order valence-corrected chi connectivity index (χ1v) is 6.39. The zero-order valence-electron chi connectivity index (χ0n) is 10.1. The maximum Gasteiger partial charge on any atom is 0.121 e. The van der Waals surface area contributed by atoms with Crippen molar-refractivity contribution in [2.24, 2.45) is 10.7 Å². The highest BCUT2D eigenvalue weighted by atomic mass is 35.5. The van der Waals surface area contributed by atoms with E-state index in [2.05, 4.69) is 16.8 Å². The Morgan fingerprint density at radius 2 is 2.17 bits per heavy atom. The van der Waals surface area contributed by atoms with Gasteiger partial charge in [0.15, 0.2) is 0 Å². The fourth-order valence-corrected chi connectivity index (χ4v) is 2.44. The minimum atomic E-state index is -0.302. The molecule has 6 heteroatoms. The van der Waals surface area contributed by atoms with Gasteiger partial charge in [-0.05, 0) is 18.6 Å². The van der Waals surface area contributed by atoms with Crippen molar-refractivity contribution >= 4 is 41.4 Å². The van der Waals surface area contributed by atoms with E-state index < -0.39 is 0 Å². The average Bonchev–Trinajstić information content (AvgIpc) is 2.80. The Balaban J connectivity index is 0.00000162. The van der Waals surface area contributed by atoms with Gasteiger partial charge in [-0.15, -0.1) is 12.4 Å². The van der Waals surface area contributed by atoms with Crippen molar-refractivity contribution in [3.8, 4) is 0 Å². The maximum atomic E-state index is 6.22. The minimum Gasteiger partial charge on any atom is -0.357 e. The SMILES string of the molecule is CCN1CCN=C1C(N)c1cccc(Cl)c1Cl.Cl. The fraction of sp³-hybridized carbons (Fsp3) is 0.417. The molecule has 0 saturated carbocycles. The molecule has 1 atom stereocenters. The molecule has 0 aromatic heterocycles. The number of amidine groups is 1. The number of halogens is 3. The van der Waals surface area contributed by atoms with Gasteiger partial charge in [-0.3, -0.25) is 4.99 Å². The topological polar surface area (TPSA) is 41.6 Å². The quantitative estimate of drug-likeness (QED) is 0.932. The van der Waals surface area contributed by atoms with Gasteiger partial charge in [-0.25, -0.2) is 0 Å². The van der Waals surface area contributed by atoms with E-state index in [9.17, 15) is 0 Å². The summed E-state index contributed by atoms with van der Waals surface area (Å²) in [4.78, 5) is 6.62. The summed E-state index contributed by atoms with van der Waals surface area (Å²) in [5.41, 5.74) is 7.05. The lowest BCUT2D eigenvalue weighted by molar-refractivity contribution is 0.468. The molecule has 0 saturated heterocycles. The zero-order chi connectivity index (χ0) is 12.4. The number of likely N-dealkylation sites (N-methyl/N-ethyl adjacent to an activating group) is 1. The predicted molar refractivity (Wildman–Crippen MR) is 80.2 cm³/mol. The number of rotatable bonds is 3. The smallest absolute Gasteiger partial charge is 0.121 e. The summed E-state index contributed by atoms with van der Waals surface area (Å²) in [6, 6.07) is 5.21. The molecule has 3 nitrogen and oxygen atoms in total. The Morgan fingerprint density at radius 3 is 2.83 bits per heavy atom. The summed E-state index contributed by atoms with van der Waals surface area (Å²) in [7, 11) is 0. The van der Waals surface area contributed by atoms with Gasteiger partial charge in [0, 0.05) is 13.1 Å². The van der Waals surface area contributed by atoms with Crippen LogP contribution in [0.5, 0.6) is 0 Å². The van der Waals surface area contributed by atoms with Crippen LogP contribution in [0.3, 0.4) is 0 Å². The van der Waals surface area contributed by atoms with Crippen LogP contribution in [0, 0.1) is 0 Å². The third kappa shape index (κ3) is 2.91. The summed E-state index contributed by atoms with van der Waals surface area (Å²) < 4.78 is 0. The van der Waals surface area contributed by atoms with Crippen LogP contribution in [0.1, 0.15) is 18.5 Å². The highest BCUT2D eigenvalue weighted by molar-refractivity contribution is 6.42. The first kappa shape index (κ1) is 15.6. The average molecular weight is 309 g/mol. The van der Waals surface area contributed by atoms with Gasteiger partial charge in [0.05, 0.1) is 22.6 Å². The third-order valence-corrected chi connectivity index (χ3v) is 3.78. The fourth-order valence-electron chi connectivity index (χ4n) is 2.01. The molecule has 0 radical (unpaired) electrons. The van der Waals surface area contributed by atoms with Gasteiger partial charge in [-0.2, -0.15) is 0 Å². The molecule has 100 valence electrons. The van der Waals surface area contributed by atoms with Gasteiger partial charge in [-0.1, -0.05) is 35.3 Å². The largest absolute Gasteiger partial charge is 0.357 e. The molecule has 1 unspecified atom stereocenters. The highest BCUT2D eigenvalue weighted by Gasteiger charge is 2.24. The Bertz CT molecular complexity index is 448. The van der Waals surface area contributed by atoms with Crippen molar-refractivity contribution in [2.45, 2.75) is 13.0 Å². The van der Waals surface area contributed by atoms with E-state index in [0.717, 1.165) is 31.0 Å². The van der Waals surface area contributed by atoms with Crippen molar-refractivity contribution in [1.82, 2.24) is 4.90 Å². The molecule has 1 aromatic carbocycles. The van der Waals surface area contributed by atoms with Crippen LogP contribution in [-0.4, -0.2) is 30.4 Å². The van der Waals surface area contributed by atoms with Gasteiger partial charge >= 0.3 is 0 Å². The monoisotopic (exact) mass is 307 g/mol. The lowest BCUT2D eigenvalue weighted by Crippen LogP contribution is -2.35. The van der Waals surface area contributed by atoms with Crippen molar-refractivity contribution in [1.29, 1.82) is 0 Å². The van der Waals surface area contributed by atoms with Crippen LogP contribution in [0.25, 0.3) is 0 Å². The number of hydrogen-bond acceptors (Lipinski definition) is 3. The number of hydrogen-bond donors (Lipinski definition) is 1. The summed E-state index contributed by atoms with van der Waals surface area (Å²) in [6.07, 6.45) is 0. The van der Waals surface area contributed by atoms with Crippen LogP contribution < -0.4 is 5.73 Å². The second kappa shape index (κ2) is 6.62. The van der Waals surface area contributed by atoms with E-state index in [0.29, 0.717) is 10.0 Å². The van der Waals surface area contributed by atoms with Crippen LogP contribution >= 0.6 is 35.6 Å². The highest BCUT2D eigenvalue weighted by Crippen LogP contribution is 2.30. The van der Waals surface area contributed by atoms with Crippen LogP contribution in [0.15, 0.2) is 23.2 Å². The molecule has 0 spiro atoms. The second-order valence-corrected chi connectivity index (χ2v) is 4.73. The van der Waals surface area contributed by atoms with E-state index >= 15 is 0 Å². The van der Waals surface area contributed by atoms with Gasteiger partial charge < -0.3 is 10.6 Å². The molecule has 18 heavy (non-hydrogen) atoms. The lowest BCUT2D eigenvalue weighted by Gasteiger charge is -2.23. The summed E-state index contributed by atoms with van der Waals surface area (Å²) >= 11 is 12.2. The van der Waals surface area contributed by atoms with E-state index in [1.165, 1.54) is 0 Å². The van der Waals surface area contributed by atoms with Crippen LogP contribution in [0.2, 0.25) is 10.0 Å². The Morgan fingerprint density at radius 1 is 1.44 bits per heavy atom. The molecule has 0 amide bonds. The van der Waals surface area contributed by atoms with Gasteiger partial charge in [0.1, 0.15) is 5.84 Å². The Hall–Kier alpha value is -0.480. The zero-order valence-corrected chi connectivity index (χ0v) is 12.4. The Labute approximate surface area is 123 Å². The predicted octanol–water partition coefficient (Wildman–Crippen LogP) is 3.15. The number of nitrogens with zero attached hydrogens (tertiary/aromatic N) is 2.